The summed E-state index contributed by atoms with van der Waals surface area (Å²) in [5.74, 6) is 0. The summed E-state index contributed by atoms with van der Waals surface area (Å²) in [5.41, 5.74) is 0.438. The van der Waals surface area contributed by atoms with Crippen LogP contribution in [0.1, 0.15) is 18.1 Å². The number of hydrogen-bond donors (Lipinski definition) is 0. The lowest BCUT2D eigenvalue weighted by Crippen LogP contribution is -2.49. The molecule has 1 aliphatic heterocycles. The molecule has 1 heterocycles. The van der Waals surface area contributed by atoms with E-state index in [9.17, 15) is 21.6 Å². The van der Waals surface area contributed by atoms with Crippen LogP contribution in [0.3, 0.4) is 0 Å². The molecular formula is C19H21F3N2O2S. The number of benzene rings is 2. The molecule has 0 bridgehead atoms. The van der Waals surface area contributed by atoms with E-state index in [1.807, 2.05) is 6.92 Å². The van der Waals surface area contributed by atoms with E-state index in [-0.39, 0.29) is 36.8 Å². The van der Waals surface area contributed by atoms with Crippen molar-refractivity contribution >= 4 is 15.7 Å². The van der Waals surface area contributed by atoms with Crippen molar-refractivity contribution in [2.75, 3.05) is 31.1 Å². The number of halogens is 3. The van der Waals surface area contributed by atoms with E-state index in [0.29, 0.717) is 0 Å². The van der Waals surface area contributed by atoms with Gasteiger partial charge in [-0.1, -0.05) is 31.2 Å². The van der Waals surface area contributed by atoms with Crippen LogP contribution < -0.4 is 4.90 Å². The van der Waals surface area contributed by atoms with E-state index in [0.717, 1.165) is 18.1 Å². The average Bonchev–Trinajstić information content (AvgIpc) is 2.67. The highest BCUT2D eigenvalue weighted by molar-refractivity contribution is 7.89. The molecule has 1 fully saturated rings. The first-order chi connectivity index (χ1) is 12.7. The van der Waals surface area contributed by atoms with Crippen molar-refractivity contribution in [2.45, 2.75) is 24.4 Å². The Morgan fingerprint density at radius 1 is 0.926 bits per heavy atom. The van der Waals surface area contributed by atoms with Gasteiger partial charge in [-0.05, 0) is 36.2 Å². The molecule has 8 heteroatoms. The summed E-state index contributed by atoms with van der Waals surface area (Å²) in [6.45, 7) is 2.69. The topological polar surface area (TPSA) is 40.6 Å². The standard InChI is InChI=1S/C19H21F3N2O2S/c1-2-15-7-9-16(10-8-15)27(25,26)24-13-11-23(12-14-24)18-6-4-3-5-17(18)19(20,21)22/h3-10H,2,11-14H2,1H3. The first-order valence-electron chi connectivity index (χ1n) is 8.73. The van der Waals surface area contributed by atoms with Gasteiger partial charge in [0.1, 0.15) is 0 Å². The minimum atomic E-state index is -4.44. The predicted molar refractivity (Wildman–Crippen MR) is 98.2 cm³/mol. The molecule has 0 atom stereocenters. The fraction of sp³-hybridized carbons (Fsp3) is 0.368. The van der Waals surface area contributed by atoms with E-state index >= 15 is 0 Å². The zero-order chi connectivity index (χ0) is 19.7. The number of anilines is 1. The summed E-state index contributed by atoms with van der Waals surface area (Å²) >= 11 is 0. The largest absolute Gasteiger partial charge is 0.418 e. The van der Waals surface area contributed by atoms with E-state index in [2.05, 4.69) is 0 Å². The predicted octanol–water partition coefficient (Wildman–Crippen LogP) is 3.78. The van der Waals surface area contributed by atoms with Gasteiger partial charge in [0, 0.05) is 31.9 Å². The Morgan fingerprint density at radius 3 is 2.07 bits per heavy atom. The number of hydrogen-bond acceptors (Lipinski definition) is 3. The lowest BCUT2D eigenvalue weighted by atomic mass is 10.1. The van der Waals surface area contributed by atoms with Crippen molar-refractivity contribution in [3.63, 3.8) is 0 Å². The van der Waals surface area contributed by atoms with Crippen molar-refractivity contribution in [3.8, 4) is 0 Å². The minimum absolute atomic E-state index is 0.0920. The molecule has 4 nitrogen and oxygen atoms in total. The highest BCUT2D eigenvalue weighted by atomic mass is 32.2. The molecule has 3 rings (SSSR count). The summed E-state index contributed by atoms with van der Waals surface area (Å²) < 4.78 is 66.6. The molecular weight excluding hydrogens is 377 g/mol. The molecule has 0 radical (unpaired) electrons. The second-order valence-electron chi connectivity index (χ2n) is 6.40. The fourth-order valence-corrected chi connectivity index (χ4v) is 4.63. The molecule has 0 saturated carbocycles. The average molecular weight is 398 g/mol. The molecule has 0 aromatic heterocycles. The SMILES string of the molecule is CCc1ccc(S(=O)(=O)N2CCN(c3ccccc3C(F)(F)F)CC2)cc1. The Morgan fingerprint density at radius 2 is 1.52 bits per heavy atom. The third-order valence-corrected chi connectivity index (χ3v) is 6.67. The number of para-hydroxylation sites is 1. The quantitative estimate of drug-likeness (QED) is 0.787. The first kappa shape index (κ1) is 19.7. The van der Waals surface area contributed by atoms with Crippen LogP contribution in [0.15, 0.2) is 53.4 Å². The van der Waals surface area contributed by atoms with Gasteiger partial charge in [-0.25, -0.2) is 8.42 Å². The summed E-state index contributed by atoms with van der Waals surface area (Å²) in [7, 11) is -3.65. The van der Waals surface area contributed by atoms with Gasteiger partial charge >= 0.3 is 6.18 Å². The van der Waals surface area contributed by atoms with Crippen molar-refractivity contribution < 1.29 is 21.6 Å². The molecule has 0 aliphatic carbocycles. The molecule has 0 amide bonds. The molecule has 2 aromatic rings. The maximum Gasteiger partial charge on any atom is 0.418 e. The van der Waals surface area contributed by atoms with Crippen LogP contribution >= 0.6 is 0 Å². The number of aryl methyl sites for hydroxylation is 1. The zero-order valence-corrected chi connectivity index (χ0v) is 15.7. The summed E-state index contributed by atoms with van der Waals surface area (Å²) in [6, 6.07) is 12.1. The molecule has 1 aliphatic rings. The molecule has 146 valence electrons. The van der Waals surface area contributed by atoms with Crippen LogP contribution in [0.4, 0.5) is 18.9 Å². The Balaban J connectivity index is 1.75. The van der Waals surface area contributed by atoms with E-state index in [1.54, 1.807) is 35.2 Å². The van der Waals surface area contributed by atoms with Crippen LogP contribution in [0, 0.1) is 0 Å². The van der Waals surface area contributed by atoms with Gasteiger partial charge in [-0.3, -0.25) is 0 Å². The lowest BCUT2D eigenvalue weighted by molar-refractivity contribution is -0.137. The van der Waals surface area contributed by atoms with Gasteiger partial charge in [0.05, 0.1) is 10.5 Å². The third kappa shape index (κ3) is 4.11. The summed E-state index contributed by atoms with van der Waals surface area (Å²) in [6.07, 6.45) is -3.63. The smallest absolute Gasteiger partial charge is 0.368 e. The zero-order valence-electron chi connectivity index (χ0n) is 14.9. The number of sulfonamides is 1. The first-order valence-corrected chi connectivity index (χ1v) is 10.2. The molecule has 27 heavy (non-hydrogen) atoms. The Bertz CT molecular complexity index is 888. The van der Waals surface area contributed by atoms with E-state index < -0.39 is 21.8 Å². The van der Waals surface area contributed by atoms with Crippen molar-refractivity contribution in [1.29, 1.82) is 0 Å². The number of rotatable bonds is 4. The summed E-state index contributed by atoms with van der Waals surface area (Å²) in [4.78, 5) is 1.80. The van der Waals surface area contributed by atoms with Crippen molar-refractivity contribution in [2.24, 2.45) is 0 Å². The van der Waals surface area contributed by atoms with Gasteiger partial charge in [0.15, 0.2) is 0 Å². The normalized spacial score (nSPS) is 16.5. The maximum atomic E-state index is 13.2. The van der Waals surface area contributed by atoms with Crippen molar-refractivity contribution in [1.82, 2.24) is 4.31 Å². The Kier molecular flexibility index (Phi) is 5.48. The van der Waals surface area contributed by atoms with Crippen LogP contribution in [-0.2, 0) is 22.6 Å². The molecule has 0 N–H and O–H groups in total. The van der Waals surface area contributed by atoms with Gasteiger partial charge < -0.3 is 4.90 Å². The van der Waals surface area contributed by atoms with Crippen LogP contribution in [0.2, 0.25) is 0 Å². The Labute approximate surface area is 157 Å². The highest BCUT2D eigenvalue weighted by Crippen LogP contribution is 2.36. The molecule has 1 saturated heterocycles. The van der Waals surface area contributed by atoms with E-state index in [1.165, 1.54) is 16.4 Å². The Hall–Kier alpha value is -2.06. The lowest BCUT2D eigenvalue weighted by Gasteiger charge is -2.36. The van der Waals surface area contributed by atoms with Gasteiger partial charge in [-0.15, -0.1) is 0 Å². The van der Waals surface area contributed by atoms with E-state index in [4.69, 9.17) is 0 Å². The molecule has 2 aromatic carbocycles. The molecule has 0 spiro atoms. The van der Waals surface area contributed by atoms with Crippen LogP contribution in [0.25, 0.3) is 0 Å². The third-order valence-electron chi connectivity index (χ3n) is 4.76. The van der Waals surface area contributed by atoms with Crippen LogP contribution in [0.5, 0.6) is 0 Å². The maximum absolute atomic E-state index is 13.2. The number of nitrogens with zero attached hydrogens (tertiary/aromatic N) is 2. The van der Waals surface area contributed by atoms with Crippen molar-refractivity contribution in [3.05, 3.63) is 59.7 Å². The minimum Gasteiger partial charge on any atom is -0.368 e. The number of piperazine rings is 1. The fourth-order valence-electron chi connectivity index (χ4n) is 3.20. The number of alkyl halides is 3. The van der Waals surface area contributed by atoms with Crippen LogP contribution in [-0.4, -0.2) is 38.9 Å². The van der Waals surface area contributed by atoms with Gasteiger partial charge in [-0.2, -0.15) is 17.5 Å². The monoisotopic (exact) mass is 398 g/mol. The highest BCUT2D eigenvalue weighted by Gasteiger charge is 2.36. The molecule has 0 unspecified atom stereocenters. The summed E-state index contributed by atoms with van der Waals surface area (Å²) in [5, 5.41) is 0. The second kappa shape index (κ2) is 7.52. The van der Waals surface area contributed by atoms with Gasteiger partial charge in [0.25, 0.3) is 0 Å². The van der Waals surface area contributed by atoms with Gasteiger partial charge in [0.2, 0.25) is 10.0 Å². The second-order valence-corrected chi connectivity index (χ2v) is 8.34.